The standard InChI is InChI=1S/C3B3ClO/c4-1(2(5)6)3(7)8. The maximum atomic E-state index is 10.0. The highest BCUT2D eigenvalue weighted by Gasteiger charge is 1.96. The van der Waals surface area contributed by atoms with Gasteiger partial charge in [0.05, 0.1) is 15.7 Å². The Morgan fingerprint density at radius 1 is 1.25 bits per heavy atom. The Morgan fingerprint density at radius 2 is 1.62 bits per heavy atom. The van der Waals surface area contributed by atoms with E-state index in [0.717, 1.165) is 0 Å². The van der Waals surface area contributed by atoms with Gasteiger partial charge in [0.25, 0.3) is 0 Å². The third kappa shape index (κ3) is 2.27. The number of halogens is 1. The van der Waals surface area contributed by atoms with Crippen LogP contribution in [0.3, 0.4) is 0 Å². The van der Waals surface area contributed by atoms with Crippen LogP contribution in [0.1, 0.15) is 0 Å². The van der Waals surface area contributed by atoms with Crippen molar-refractivity contribution in [3.63, 3.8) is 0 Å². The van der Waals surface area contributed by atoms with Crippen LogP contribution >= 0.6 is 11.6 Å². The molecule has 0 amide bonds. The van der Waals surface area contributed by atoms with E-state index in [1.54, 1.807) is 0 Å². The molecule has 0 fully saturated rings. The third-order valence-corrected chi connectivity index (χ3v) is 0.726. The molecule has 0 saturated heterocycles. The van der Waals surface area contributed by atoms with Crippen molar-refractivity contribution in [2.24, 2.45) is 0 Å². The van der Waals surface area contributed by atoms with Crippen LogP contribution in [0.5, 0.6) is 0 Å². The maximum absolute atomic E-state index is 10.0. The van der Waals surface area contributed by atoms with Gasteiger partial charge in [-0.25, -0.2) is 0 Å². The molecule has 0 unspecified atom stereocenters. The fraction of sp³-hybridized carbons (Fsp3) is 0. The quantitative estimate of drug-likeness (QED) is 0.257. The van der Waals surface area contributed by atoms with E-state index in [-0.39, 0.29) is 10.8 Å². The van der Waals surface area contributed by atoms with Gasteiger partial charge in [0.1, 0.15) is 7.85 Å². The van der Waals surface area contributed by atoms with Crippen LogP contribution < -0.4 is 0 Å². The van der Waals surface area contributed by atoms with Crippen LogP contribution in [0, 0.1) is 0 Å². The summed E-state index contributed by atoms with van der Waals surface area (Å²) >= 11 is 4.84. The van der Waals surface area contributed by atoms with Gasteiger partial charge < -0.3 is 0 Å². The minimum Gasteiger partial charge on any atom is -0.277 e. The molecular formula is C3B3ClO. The highest BCUT2D eigenvalue weighted by Crippen LogP contribution is 1.95. The van der Waals surface area contributed by atoms with Crippen LogP contribution in [0.25, 0.3) is 0 Å². The van der Waals surface area contributed by atoms with Crippen LogP contribution in [-0.2, 0) is 4.79 Å². The maximum Gasteiger partial charge on any atom is 0.236 e. The molecule has 0 heterocycles. The lowest BCUT2D eigenvalue weighted by atomic mass is 9.70. The summed E-state index contributed by atoms with van der Waals surface area (Å²) in [4.78, 5) is 10.0. The molecule has 0 atom stereocenters. The minimum atomic E-state index is -0.829. The zero-order chi connectivity index (χ0) is 6.73. The first-order valence-corrected chi connectivity index (χ1v) is 2.14. The molecule has 0 spiro atoms. The number of carbonyl (C=O) groups excluding carboxylic acids is 1. The van der Waals surface area contributed by atoms with Gasteiger partial charge in [0.2, 0.25) is 5.24 Å². The molecule has 0 aliphatic heterocycles. The summed E-state index contributed by atoms with van der Waals surface area (Å²) < 4.78 is 0. The second kappa shape index (κ2) is 3.03. The first-order chi connectivity index (χ1) is 3.55. The smallest absolute Gasteiger partial charge is 0.236 e. The molecule has 8 heavy (non-hydrogen) atoms. The van der Waals surface area contributed by atoms with Gasteiger partial charge in [-0.1, -0.05) is 5.47 Å². The van der Waals surface area contributed by atoms with Crippen molar-refractivity contribution < 1.29 is 4.79 Å². The van der Waals surface area contributed by atoms with E-state index in [1.807, 2.05) is 0 Å². The van der Waals surface area contributed by atoms with Gasteiger partial charge >= 0.3 is 0 Å². The van der Waals surface area contributed by atoms with Crippen molar-refractivity contribution in [2.75, 3.05) is 0 Å². The SMILES string of the molecule is [B]C([B])=C([B])C(=O)Cl. The van der Waals surface area contributed by atoms with Crippen LogP contribution in [-0.4, -0.2) is 28.8 Å². The normalized spacial score (nSPS) is 8.12. The van der Waals surface area contributed by atoms with Gasteiger partial charge in [-0.05, 0) is 11.6 Å². The number of allylic oxidation sites excluding steroid dienone is 1. The molecule has 5 heteroatoms. The van der Waals surface area contributed by atoms with Gasteiger partial charge in [-0.2, -0.15) is 5.37 Å². The molecule has 0 aromatic heterocycles. The van der Waals surface area contributed by atoms with E-state index >= 15 is 0 Å². The molecule has 34 valence electrons. The van der Waals surface area contributed by atoms with Crippen molar-refractivity contribution >= 4 is 40.4 Å². The molecule has 0 N–H and O–H groups in total. The van der Waals surface area contributed by atoms with E-state index in [1.165, 1.54) is 0 Å². The first kappa shape index (κ1) is 7.89. The summed E-state index contributed by atoms with van der Waals surface area (Å²) in [5.74, 6) is 0. The lowest BCUT2D eigenvalue weighted by Gasteiger charge is -1.93. The molecule has 0 aromatic rings. The molecule has 0 aliphatic carbocycles. The number of hydrogen-bond donors (Lipinski definition) is 0. The lowest BCUT2D eigenvalue weighted by Crippen LogP contribution is -1.98. The molecule has 1 nitrogen and oxygen atoms in total. The van der Waals surface area contributed by atoms with E-state index in [4.69, 9.17) is 35.1 Å². The van der Waals surface area contributed by atoms with Gasteiger partial charge in [0.15, 0.2) is 0 Å². The molecular weight excluding hydrogens is 120 g/mol. The van der Waals surface area contributed by atoms with Gasteiger partial charge in [0, 0.05) is 0 Å². The Hall–Kier alpha value is -0.105. The predicted octanol–water partition coefficient (Wildman–Crippen LogP) is -0.574. The van der Waals surface area contributed by atoms with Gasteiger partial charge in [-0.15, -0.1) is 0 Å². The van der Waals surface area contributed by atoms with Crippen molar-refractivity contribution in [3.8, 4) is 0 Å². The Morgan fingerprint density at radius 3 is 1.62 bits per heavy atom. The van der Waals surface area contributed by atoms with Crippen LogP contribution in [0.15, 0.2) is 10.8 Å². The first-order valence-electron chi connectivity index (χ1n) is 1.76. The number of hydrogen-bond acceptors (Lipinski definition) is 1. The predicted molar refractivity (Wildman–Crippen MR) is 35.1 cm³/mol. The van der Waals surface area contributed by atoms with E-state index in [2.05, 4.69) is 0 Å². The lowest BCUT2D eigenvalue weighted by molar-refractivity contribution is -0.108. The number of carbonyl (C=O) groups is 1. The Balaban J connectivity index is 4.23. The molecule has 0 aromatic carbocycles. The minimum absolute atomic E-state index is 0.245. The average molecular weight is 120 g/mol. The average Bonchev–Trinajstić information content (AvgIpc) is 1.64. The molecule has 0 rings (SSSR count). The zero-order valence-electron chi connectivity index (χ0n) is 4.02. The van der Waals surface area contributed by atoms with Crippen molar-refractivity contribution in [3.05, 3.63) is 10.8 Å². The summed E-state index contributed by atoms with van der Waals surface area (Å²) in [6, 6.07) is 0. The molecule has 0 saturated carbocycles. The summed E-state index contributed by atoms with van der Waals surface area (Å²) in [6.07, 6.45) is 0. The van der Waals surface area contributed by atoms with Crippen molar-refractivity contribution in [2.45, 2.75) is 0 Å². The van der Waals surface area contributed by atoms with Crippen LogP contribution in [0.2, 0.25) is 0 Å². The Labute approximate surface area is 56.7 Å². The van der Waals surface area contributed by atoms with E-state index in [9.17, 15) is 4.79 Å². The molecule has 0 aliphatic rings. The monoisotopic (exact) mass is 120 g/mol. The fourth-order valence-electron chi connectivity index (χ4n) is 0.113. The third-order valence-electron chi connectivity index (χ3n) is 0.523. The highest BCUT2D eigenvalue weighted by atomic mass is 35.5. The molecule has 0 bridgehead atoms. The Kier molecular flexibility index (Phi) is 2.99. The highest BCUT2D eigenvalue weighted by molar-refractivity contribution is 6.75. The summed E-state index contributed by atoms with van der Waals surface area (Å²) in [6.45, 7) is 0. The summed E-state index contributed by atoms with van der Waals surface area (Å²) in [5.41, 5.74) is -0.299. The fourth-order valence-corrected chi connectivity index (χ4v) is 0.223. The van der Waals surface area contributed by atoms with Gasteiger partial charge in [-0.3, -0.25) is 4.79 Å². The second-order valence-electron chi connectivity index (χ2n) is 1.14. The largest absolute Gasteiger partial charge is 0.277 e. The summed E-state index contributed by atoms with van der Waals surface area (Å²) in [5, 5.41) is -1.07. The molecule has 6 radical (unpaired) electrons. The van der Waals surface area contributed by atoms with E-state index < -0.39 is 5.24 Å². The van der Waals surface area contributed by atoms with Crippen LogP contribution in [0.4, 0.5) is 0 Å². The second-order valence-corrected chi connectivity index (χ2v) is 1.49. The zero-order valence-corrected chi connectivity index (χ0v) is 4.77. The summed E-state index contributed by atoms with van der Waals surface area (Å²) in [7, 11) is 14.6. The topological polar surface area (TPSA) is 17.1 Å². The van der Waals surface area contributed by atoms with Crippen molar-refractivity contribution in [1.82, 2.24) is 0 Å². The van der Waals surface area contributed by atoms with Crippen molar-refractivity contribution in [1.29, 1.82) is 0 Å². The Bertz CT molecular complexity index is 137. The number of rotatable bonds is 1. The van der Waals surface area contributed by atoms with E-state index in [0.29, 0.717) is 0 Å².